The van der Waals surface area contributed by atoms with Crippen molar-refractivity contribution in [2.75, 3.05) is 0 Å². The highest BCUT2D eigenvalue weighted by molar-refractivity contribution is 7.90. The van der Waals surface area contributed by atoms with Crippen molar-refractivity contribution in [3.63, 3.8) is 0 Å². The molecule has 4 nitrogen and oxygen atoms in total. The van der Waals surface area contributed by atoms with Crippen LogP contribution >= 0.6 is 11.6 Å². The van der Waals surface area contributed by atoms with E-state index in [0.717, 1.165) is 0 Å². The van der Waals surface area contributed by atoms with Crippen molar-refractivity contribution in [2.24, 2.45) is 5.92 Å². The Labute approximate surface area is 124 Å². The number of allylic oxidation sites excluding steroid dienone is 2. The number of hydrogen-bond acceptors (Lipinski definition) is 3. The fraction of sp³-hybridized carbons (Fsp3) is 0.214. The topological polar surface area (TPSA) is 63.2 Å². The van der Waals surface area contributed by atoms with Crippen LogP contribution in [-0.4, -0.2) is 14.3 Å². The molecule has 0 radical (unpaired) electrons. The third-order valence-corrected chi connectivity index (χ3v) is 4.43. The van der Waals surface area contributed by atoms with E-state index in [-0.39, 0.29) is 15.8 Å². The van der Waals surface area contributed by atoms with Crippen LogP contribution in [0.3, 0.4) is 0 Å². The summed E-state index contributed by atoms with van der Waals surface area (Å²) in [6.07, 6.45) is 3.28. The number of carbonyl (C=O) groups is 1. The third kappa shape index (κ3) is 4.21. The van der Waals surface area contributed by atoms with Gasteiger partial charge in [0, 0.05) is 5.57 Å². The summed E-state index contributed by atoms with van der Waals surface area (Å²) < 4.78 is 26.1. The molecule has 108 valence electrons. The number of hydrogen-bond donors (Lipinski definition) is 1. The molecule has 6 heteroatoms. The summed E-state index contributed by atoms with van der Waals surface area (Å²) in [5.74, 6) is -0.706. The zero-order valence-electron chi connectivity index (χ0n) is 11.3. The molecule has 0 bridgehead atoms. The van der Waals surface area contributed by atoms with Gasteiger partial charge in [-0.25, -0.2) is 13.1 Å². The lowest BCUT2D eigenvalue weighted by Gasteiger charge is -2.09. The first kappa shape index (κ1) is 16.5. The quantitative estimate of drug-likeness (QED) is 0.671. The Morgan fingerprint density at radius 1 is 1.40 bits per heavy atom. The van der Waals surface area contributed by atoms with Crippen molar-refractivity contribution >= 4 is 27.5 Å². The van der Waals surface area contributed by atoms with Crippen LogP contribution in [0.5, 0.6) is 0 Å². The van der Waals surface area contributed by atoms with E-state index in [9.17, 15) is 13.2 Å². The highest BCUT2D eigenvalue weighted by Gasteiger charge is 2.20. The molecule has 0 saturated heterocycles. The Kier molecular flexibility index (Phi) is 5.53. The Balaban J connectivity index is 2.98. The van der Waals surface area contributed by atoms with E-state index < -0.39 is 15.9 Å². The van der Waals surface area contributed by atoms with Gasteiger partial charge in [0.2, 0.25) is 0 Å². The van der Waals surface area contributed by atoms with Crippen molar-refractivity contribution in [1.29, 1.82) is 0 Å². The highest BCUT2D eigenvalue weighted by Crippen LogP contribution is 2.20. The largest absolute Gasteiger partial charge is 0.269 e. The highest BCUT2D eigenvalue weighted by atomic mass is 35.5. The Bertz CT molecular complexity index is 650. The Morgan fingerprint density at radius 2 is 2.00 bits per heavy atom. The van der Waals surface area contributed by atoms with E-state index in [4.69, 9.17) is 11.6 Å². The fourth-order valence-corrected chi connectivity index (χ4v) is 3.00. The van der Waals surface area contributed by atoms with E-state index >= 15 is 0 Å². The summed E-state index contributed by atoms with van der Waals surface area (Å²) in [6.45, 7) is 6.97. The minimum absolute atomic E-state index is 0.0243. The molecule has 1 atom stereocenters. The monoisotopic (exact) mass is 313 g/mol. The first-order chi connectivity index (χ1) is 9.27. The number of sulfonamides is 1. The Morgan fingerprint density at radius 3 is 2.55 bits per heavy atom. The lowest BCUT2D eigenvalue weighted by atomic mass is 10.1. The summed E-state index contributed by atoms with van der Waals surface area (Å²) >= 11 is 5.82. The second-order valence-corrected chi connectivity index (χ2v) is 6.37. The van der Waals surface area contributed by atoms with E-state index in [2.05, 4.69) is 6.58 Å². The standard InChI is InChI=1S/C14H16ClNO3S/c1-4-10(2)9-11(3)14(17)16-20(18,19)13-8-6-5-7-12(13)15/h4-10H,1H2,2-3H3,(H,16,17)/b11-9+. The molecule has 0 aliphatic heterocycles. The zero-order valence-corrected chi connectivity index (χ0v) is 12.8. The molecule has 1 unspecified atom stereocenters. The summed E-state index contributed by atoms with van der Waals surface area (Å²) in [7, 11) is -3.98. The van der Waals surface area contributed by atoms with Gasteiger partial charge in [-0.15, -0.1) is 6.58 Å². The van der Waals surface area contributed by atoms with Gasteiger partial charge >= 0.3 is 0 Å². The summed E-state index contributed by atoms with van der Waals surface area (Å²) in [6, 6.07) is 5.93. The average Bonchev–Trinajstić information content (AvgIpc) is 2.38. The van der Waals surface area contributed by atoms with E-state index in [1.165, 1.54) is 25.1 Å². The second-order valence-electron chi connectivity index (χ2n) is 4.31. The van der Waals surface area contributed by atoms with Crippen LogP contribution in [0.25, 0.3) is 0 Å². The molecule has 0 aliphatic carbocycles. The third-order valence-electron chi connectivity index (χ3n) is 2.60. The van der Waals surface area contributed by atoms with Crippen molar-refractivity contribution in [3.8, 4) is 0 Å². The number of amides is 1. The van der Waals surface area contributed by atoms with E-state index in [0.29, 0.717) is 5.57 Å². The molecule has 1 aromatic carbocycles. The number of rotatable bonds is 5. The molecule has 1 N–H and O–H groups in total. The molecule has 20 heavy (non-hydrogen) atoms. The van der Waals surface area contributed by atoms with Crippen LogP contribution in [0.4, 0.5) is 0 Å². The number of halogens is 1. The Hall–Kier alpha value is -1.59. The number of benzene rings is 1. The minimum Gasteiger partial charge on any atom is -0.269 e. The maximum atomic E-state index is 12.1. The molecule has 0 heterocycles. The fourth-order valence-electron chi connectivity index (χ4n) is 1.46. The summed E-state index contributed by atoms with van der Waals surface area (Å²) in [5.41, 5.74) is 0.299. The molecule has 1 rings (SSSR count). The minimum atomic E-state index is -3.98. The lowest BCUT2D eigenvalue weighted by molar-refractivity contribution is -0.115. The molecule has 0 aliphatic rings. The average molecular weight is 314 g/mol. The van der Waals surface area contributed by atoms with Crippen molar-refractivity contribution in [3.05, 3.63) is 53.6 Å². The number of nitrogens with one attached hydrogen (secondary N) is 1. The van der Waals surface area contributed by atoms with Gasteiger partial charge in [0.1, 0.15) is 4.90 Å². The van der Waals surface area contributed by atoms with Gasteiger partial charge < -0.3 is 0 Å². The van der Waals surface area contributed by atoms with E-state index in [1.54, 1.807) is 18.2 Å². The maximum Gasteiger partial charge on any atom is 0.265 e. The predicted molar refractivity (Wildman–Crippen MR) is 79.9 cm³/mol. The van der Waals surface area contributed by atoms with Gasteiger partial charge in [-0.05, 0) is 25.0 Å². The summed E-state index contributed by atoms with van der Waals surface area (Å²) in [4.78, 5) is 11.7. The summed E-state index contributed by atoms with van der Waals surface area (Å²) in [5, 5.41) is 0.0638. The first-order valence-corrected chi connectivity index (χ1v) is 7.76. The van der Waals surface area contributed by atoms with Crippen LogP contribution in [0, 0.1) is 5.92 Å². The van der Waals surface area contributed by atoms with Crippen molar-refractivity contribution in [2.45, 2.75) is 18.7 Å². The maximum absolute atomic E-state index is 12.1. The number of carbonyl (C=O) groups excluding carboxylic acids is 1. The van der Waals surface area contributed by atoms with Crippen LogP contribution < -0.4 is 4.72 Å². The zero-order chi connectivity index (χ0) is 15.3. The predicted octanol–water partition coefficient (Wildman–Crippen LogP) is 2.91. The normalized spacial score (nSPS) is 13.7. The molecule has 1 aromatic rings. The first-order valence-electron chi connectivity index (χ1n) is 5.90. The molecule has 1 amide bonds. The van der Waals surface area contributed by atoms with Gasteiger partial charge in [-0.2, -0.15) is 0 Å². The van der Waals surface area contributed by atoms with Gasteiger partial charge in [-0.1, -0.05) is 42.8 Å². The van der Waals surface area contributed by atoms with Crippen molar-refractivity contribution < 1.29 is 13.2 Å². The molecular weight excluding hydrogens is 298 g/mol. The van der Waals surface area contributed by atoms with Gasteiger partial charge in [0.15, 0.2) is 0 Å². The molecule has 0 saturated carbocycles. The molecule has 0 aromatic heterocycles. The lowest BCUT2D eigenvalue weighted by Crippen LogP contribution is -2.31. The van der Waals surface area contributed by atoms with Crippen LogP contribution in [0.1, 0.15) is 13.8 Å². The van der Waals surface area contributed by atoms with Gasteiger partial charge in [-0.3, -0.25) is 4.79 Å². The molecule has 0 fully saturated rings. The van der Waals surface area contributed by atoms with Crippen LogP contribution in [0.15, 0.2) is 53.5 Å². The SMILES string of the molecule is C=CC(C)/C=C(\C)C(=O)NS(=O)(=O)c1ccccc1Cl. The van der Waals surface area contributed by atoms with Gasteiger partial charge in [0.05, 0.1) is 5.02 Å². The van der Waals surface area contributed by atoms with Gasteiger partial charge in [0.25, 0.3) is 15.9 Å². The van der Waals surface area contributed by atoms with E-state index in [1.807, 2.05) is 11.6 Å². The van der Waals surface area contributed by atoms with Crippen LogP contribution in [0.2, 0.25) is 5.02 Å². The van der Waals surface area contributed by atoms with Crippen LogP contribution in [-0.2, 0) is 14.8 Å². The smallest absolute Gasteiger partial charge is 0.265 e. The molecular formula is C14H16ClNO3S. The second kappa shape index (κ2) is 6.72. The molecule has 0 spiro atoms. The van der Waals surface area contributed by atoms with Crippen molar-refractivity contribution in [1.82, 2.24) is 4.72 Å².